The average molecular weight is 268 g/mol. The van der Waals surface area contributed by atoms with Crippen molar-refractivity contribution in [2.75, 3.05) is 0 Å². The Labute approximate surface area is 112 Å². The molecular weight excluding hydrogens is 250 g/mol. The minimum Gasteiger partial charge on any atom is -0.359 e. The van der Waals surface area contributed by atoms with E-state index in [9.17, 15) is 4.79 Å². The van der Waals surface area contributed by atoms with Crippen molar-refractivity contribution in [3.8, 4) is 0 Å². The Kier molecular flexibility index (Phi) is 4.25. The first kappa shape index (κ1) is 13.4. The second kappa shape index (κ2) is 5.72. The smallest absolute Gasteiger partial charge is 0.252 e. The molecule has 1 N–H and O–H groups in total. The zero-order chi connectivity index (χ0) is 13.1. The van der Waals surface area contributed by atoms with Crippen LogP contribution in [-0.2, 0) is 16.1 Å². The molecule has 2 atom stereocenters. The lowest BCUT2D eigenvalue weighted by Gasteiger charge is -2.04. The molecule has 0 aromatic heterocycles. The van der Waals surface area contributed by atoms with Crippen molar-refractivity contribution in [3.63, 3.8) is 0 Å². The van der Waals surface area contributed by atoms with Gasteiger partial charge in [-0.05, 0) is 30.0 Å². The summed E-state index contributed by atoms with van der Waals surface area (Å²) in [6, 6.07) is 7.47. The third-order valence-corrected chi connectivity index (χ3v) is 3.14. The molecule has 0 radical (unpaired) electrons. The van der Waals surface area contributed by atoms with E-state index < -0.39 is 0 Å². The van der Waals surface area contributed by atoms with E-state index in [0.29, 0.717) is 17.5 Å². The van der Waals surface area contributed by atoms with Crippen LogP contribution in [0.5, 0.6) is 0 Å². The lowest BCUT2D eigenvalue weighted by molar-refractivity contribution is -0.122. The second-order valence-electron chi connectivity index (χ2n) is 5.07. The van der Waals surface area contributed by atoms with Gasteiger partial charge >= 0.3 is 0 Å². The Morgan fingerprint density at radius 1 is 1.50 bits per heavy atom. The quantitative estimate of drug-likeness (QED) is 0.834. The van der Waals surface area contributed by atoms with Crippen LogP contribution in [-0.4, -0.2) is 18.1 Å². The fraction of sp³-hybridized carbons (Fsp3) is 0.500. The number of carbonyl (C=O) groups excluding carboxylic acids is 1. The lowest BCUT2D eigenvalue weighted by Crippen LogP contribution is -2.28. The Hall–Kier alpha value is -1.06. The van der Waals surface area contributed by atoms with Crippen LogP contribution in [0.15, 0.2) is 24.3 Å². The third kappa shape index (κ3) is 3.72. The Bertz CT molecular complexity index is 434. The Balaban J connectivity index is 1.76. The average Bonchev–Trinajstić information content (AvgIpc) is 3.04. The van der Waals surface area contributed by atoms with Crippen molar-refractivity contribution < 1.29 is 9.53 Å². The summed E-state index contributed by atoms with van der Waals surface area (Å²) in [7, 11) is 0. The van der Waals surface area contributed by atoms with E-state index in [1.807, 2.05) is 24.3 Å². The Morgan fingerprint density at radius 3 is 2.94 bits per heavy atom. The largest absolute Gasteiger partial charge is 0.359 e. The summed E-state index contributed by atoms with van der Waals surface area (Å²) >= 11 is 5.88. The predicted octanol–water partition coefficient (Wildman–Crippen LogP) is 2.77. The van der Waals surface area contributed by atoms with Crippen molar-refractivity contribution in [3.05, 3.63) is 34.9 Å². The molecule has 1 aliphatic rings. The monoisotopic (exact) mass is 267 g/mol. The van der Waals surface area contributed by atoms with Crippen molar-refractivity contribution >= 4 is 17.5 Å². The van der Waals surface area contributed by atoms with Crippen LogP contribution in [0.4, 0.5) is 0 Å². The van der Waals surface area contributed by atoms with E-state index in [1.54, 1.807) is 0 Å². The molecule has 3 nitrogen and oxygen atoms in total. The summed E-state index contributed by atoms with van der Waals surface area (Å²) in [5.41, 5.74) is 0.997. The van der Waals surface area contributed by atoms with Crippen LogP contribution in [0.25, 0.3) is 0 Å². The van der Waals surface area contributed by atoms with Gasteiger partial charge in [-0.3, -0.25) is 4.79 Å². The molecule has 0 aliphatic carbocycles. The number of ether oxygens (including phenoxy) is 1. The van der Waals surface area contributed by atoms with Gasteiger partial charge in [0.2, 0.25) is 0 Å². The number of epoxide rings is 1. The van der Waals surface area contributed by atoms with Crippen LogP contribution in [0.2, 0.25) is 5.02 Å². The standard InChI is InChI=1S/C14H18ClNO2/c1-9(2)6-12-13(18-12)14(17)16-8-10-4-3-5-11(15)7-10/h3-5,7,9,12-13H,6,8H2,1-2H3,(H,16,17). The summed E-state index contributed by atoms with van der Waals surface area (Å²) in [4.78, 5) is 11.8. The molecule has 18 heavy (non-hydrogen) atoms. The fourth-order valence-corrected chi connectivity index (χ4v) is 2.17. The zero-order valence-corrected chi connectivity index (χ0v) is 11.4. The maximum absolute atomic E-state index is 11.8. The second-order valence-corrected chi connectivity index (χ2v) is 5.51. The number of benzene rings is 1. The van der Waals surface area contributed by atoms with Crippen molar-refractivity contribution in [1.29, 1.82) is 0 Å². The summed E-state index contributed by atoms with van der Waals surface area (Å²) in [5.74, 6) is 0.529. The number of carbonyl (C=O) groups is 1. The van der Waals surface area contributed by atoms with Gasteiger partial charge in [0, 0.05) is 11.6 Å². The molecule has 1 fully saturated rings. The molecule has 0 saturated carbocycles. The van der Waals surface area contributed by atoms with Crippen LogP contribution in [0.1, 0.15) is 25.8 Å². The molecule has 1 heterocycles. The minimum atomic E-state index is -0.258. The number of nitrogens with one attached hydrogen (secondary N) is 1. The van der Waals surface area contributed by atoms with Gasteiger partial charge in [-0.2, -0.15) is 0 Å². The van der Waals surface area contributed by atoms with E-state index in [4.69, 9.17) is 16.3 Å². The number of rotatable bonds is 5. The van der Waals surface area contributed by atoms with E-state index in [-0.39, 0.29) is 18.1 Å². The summed E-state index contributed by atoms with van der Waals surface area (Å²) in [6.07, 6.45) is 0.783. The third-order valence-electron chi connectivity index (χ3n) is 2.90. The van der Waals surface area contributed by atoms with Gasteiger partial charge in [0.05, 0.1) is 6.10 Å². The van der Waals surface area contributed by atoms with Crippen LogP contribution >= 0.6 is 11.6 Å². The van der Waals surface area contributed by atoms with Gasteiger partial charge in [0.25, 0.3) is 5.91 Å². The predicted molar refractivity (Wildman–Crippen MR) is 71.4 cm³/mol. The number of hydrogen-bond donors (Lipinski definition) is 1. The maximum atomic E-state index is 11.8. The number of hydrogen-bond acceptors (Lipinski definition) is 2. The summed E-state index contributed by atoms with van der Waals surface area (Å²) in [6.45, 7) is 4.75. The van der Waals surface area contributed by atoms with E-state index >= 15 is 0 Å². The van der Waals surface area contributed by atoms with Crippen LogP contribution < -0.4 is 5.32 Å². The highest BCUT2D eigenvalue weighted by molar-refractivity contribution is 6.30. The maximum Gasteiger partial charge on any atom is 0.252 e. The summed E-state index contributed by atoms with van der Waals surface area (Å²) < 4.78 is 5.36. The highest BCUT2D eigenvalue weighted by Gasteiger charge is 2.44. The number of amides is 1. The molecule has 4 heteroatoms. The molecule has 1 amide bonds. The lowest BCUT2D eigenvalue weighted by atomic mass is 10.1. The first-order valence-corrected chi connectivity index (χ1v) is 6.61. The van der Waals surface area contributed by atoms with E-state index in [2.05, 4.69) is 19.2 Å². The molecule has 2 rings (SSSR count). The van der Waals surface area contributed by atoms with Crippen molar-refractivity contribution in [2.24, 2.45) is 5.92 Å². The van der Waals surface area contributed by atoms with Crippen LogP contribution in [0, 0.1) is 5.92 Å². The van der Waals surface area contributed by atoms with Gasteiger partial charge in [0.1, 0.15) is 0 Å². The molecule has 0 spiro atoms. The molecule has 1 saturated heterocycles. The molecule has 98 valence electrons. The highest BCUT2D eigenvalue weighted by atomic mass is 35.5. The molecule has 1 aromatic rings. The van der Waals surface area contributed by atoms with E-state index in [0.717, 1.165) is 12.0 Å². The van der Waals surface area contributed by atoms with Gasteiger partial charge in [0.15, 0.2) is 6.10 Å². The molecular formula is C14H18ClNO2. The summed E-state index contributed by atoms with van der Waals surface area (Å²) in [5, 5.41) is 3.55. The van der Waals surface area contributed by atoms with Gasteiger partial charge in [-0.1, -0.05) is 37.6 Å². The molecule has 0 bridgehead atoms. The topological polar surface area (TPSA) is 41.6 Å². The fourth-order valence-electron chi connectivity index (χ4n) is 1.95. The van der Waals surface area contributed by atoms with E-state index in [1.165, 1.54) is 0 Å². The van der Waals surface area contributed by atoms with Crippen molar-refractivity contribution in [1.82, 2.24) is 5.32 Å². The molecule has 2 unspecified atom stereocenters. The SMILES string of the molecule is CC(C)CC1OC1C(=O)NCc1cccc(Cl)c1. The Morgan fingerprint density at radius 2 is 2.28 bits per heavy atom. The van der Waals surface area contributed by atoms with Gasteiger partial charge in [-0.25, -0.2) is 0 Å². The first-order valence-electron chi connectivity index (χ1n) is 6.24. The first-order chi connectivity index (χ1) is 8.56. The van der Waals surface area contributed by atoms with Gasteiger partial charge < -0.3 is 10.1 Å². The van der Waals surface area contributed by atoms with Crippen LogP contribution in [0.3, 0.4) is 0 Å². The normalized spacial score (nSPS) is 22.0. The number of halogens is 1. The van der Waals surface area contributed by atoms with Crippen molar-refractivity contribution in [2.45, 2.75) is 39.0 Å². The molecule has 1 aliphatic heterocycles. The highest BCUT2D eigenvalue weighted by Crippen LogP contribution is 2.28. The molecule has 1 aromatic carbocycles. The minimum absolute atomic E-state index is 0.0272. The van der Waals surface area contributed by atoms with Gasteiger partial charge in [-0.15, -0.1) is 0 Å². The zero-order valence-electron chi connectivity index (χ0n) is 10.7.